The van der Waals surface area contributed by atoms with E-state index in [9.17, 15) is 0 Å². The van der Waals surface area contributed by atoms with E-state index in [2.05, 4.69) is 29.2 Å². The average molecular weight is 416 g/mol. The zero-order valence-electron chi connectivity index (χ0n) is 12.9. The van der Waals surface area contributed by atoms with Crippen LogP contribution >= 0.6 is 0 Å². The molecule has 23 heavy (non-hydrogen) atoms. The third-order valence-corrected chi connectivity index (χ3v) is 5.85. The SMILES string of the molecule is C[I-]c1ccc(-c2ccc(-c3ccc(N)cc3)c(N)c2N)cc1. The summed E-state index contributed by atoms with van der Waals surface area (Å²) in [4.78, 5) is 2.25. The van der Waals surface area contributed by atoms with Gasteiger partial charge in [-0.25, -0.2) is 0 Å². The second-order valence-electron chi connectivity index (χ2n) is 5.31. The predicted molar refractivity (Wildman–Crippen MR) is 95.2 cm³/mol. The monoisotopic (exact) mass is 416 g/mol. The molecule has 0 saturated heterocycles. The minimum atomic E-state index is 0.107. The fourth-order valence-electron chi connectivity index (χ4n) is 2.56. The summed E-state index contributed by atoms with van der Waals surface area (Å²) >= 11 is 0.107. The molecule has 3 rings (SSSR count). The summed E-state index contributed by atoms with van der Waals surface area (Å²) in [6.07, 6.45) is 0. The molecule has 0 aliphatic rings. The number of hydrogen-bond donors (Lipinski definition) is 3. The van der Waals surface area contributed by atoms with Gasteiger partial charge < -0.3 is 5.73 Å². The molecule has 0 heterocycles. The Morgan fingerprint density at radius 1 is 0.609 bits per heavy atom. The van der Waals surface area contributed by atoms with Crippen LogP contribution in [0.4, 0.5) is 17.1 Å². The van der Waals surface area contributed by atoms with Gasteiger partial charge in [-0.15, -0.1) is 0 Å². The number of nitrogen functional groups attached to an aromatic ring is 3. The predicted octanol–water partition coefficient (Wildman–Crippen LogP) is 0.656. The molecule has 3 aromatic carbocycles. The Morgan fingerprint density at radius 2 is 1.04 bits per heavy atom. The van der Waals surface area contributed by atoms with Crippen molar-refractivity contribution in [3.05, 3.63) is 64.2 Å². The molecule has 0 aromatic heterocycles. The molecule has 3 aromatic rings. The number of rotatable bonds is 3. The first-order valence-corrected chi connectivity index (χ1v) is 10.5. The van der Waals surface area contributed by atoms with E-state index in [0.29, 0.717) is 11.4 Å². The van der Waals surface area contributed by atoms with Crippen LogP contribution in [-0.2, 0) is 0 Å². The number of nitrogens with two attached hydrogens (primary N) is 3. The van der Waals surface area contributed by atoms with Gasteiger partial charge in [0.05, 0.1) is 0 Å². The van der Waals surface area contributed by atoms with Gasteiger partial charge in [0, 0.05) is 0 Å². The van der Waals surface area contributed by atoms with Gasteiger partial charge in [-0.05, 0) is 0 Å². The molecule has 0 amide bonds. The van der Waals surface area contributed by atoms with Crippen molar-refractivity contribution in [2.45, 2.75) is 0 Å². The maximum absolute atomic E-state index is 6.31. The van der Waals surface area contributed by atoms with Crippen molar-refractivity contribution in [2.24, 2.45) is 0 Å². The molecule has 0 aliphatic heterocycles. The van der Waals surface area contributed by atoms with Crippen LogP contribution in [0.1, 0.15) is 0 Å². The fraction of sp³-hybridized carbons (Fsp3) is 0.0526. The van der Waals surface area contributed by atoms with Gasteiger partial charge >= 0.3 is 141 Å². The van der Waals surface area contributed by atoms with Crippen LogP contribution < -0.4 is 38.4 Å². The van der Waals surface area contributed by atoms with Gasteiger partial charge in [0.2, 0.25) is 0 Å². The number of hydrogen-bond acceptors (Lipinski definition) is 3. The Bertz CT molecular complexity index is 824. The molecule has 0 atom stereocenters. The van der Waals surface area contributed by atoms with E-state index in [0.717, 1.165) is 27.9 Å². The van der Waals surface area contributed by atoms with Crippen molar-refractivity contribution in [3.63, 3.8) is 0 Å². The van der Waals surface area contributed by atoms with Crippen molar-refractivity contribution >= 4 is 17.1 Å². The summed E-state index contributed by atoms with van der Waals surface area (Å²) < 4.78 is 1.41. The molecule has 3 nitrogen and oxygen atoms in total. The Kier molecular flexibility index (Phi) is 4.43. The van der Waals surface area contributed by atoms with Crippen LogP contribution in [0, 0.1) is 3.57 Å². The van der Waals surface area contributed by atoms with E-state index in [4.69, 9.17) is 17.2 Å². The van der Waals surface area contributed by atoms with E-state index >= 15 is 0 Å². The van der Waals surface area contributed by atoms with Crippen molar-refractivity contribution < 1.29 is 21.2 Å². The quantitative estimate of drug-likeness (QED) is 0.334. The zero-order valence-corrected chi connectivity index (χ0v) is 15.0. The van der Waals surface area contributed by atoms with Crippen molar-refractivity contribution in [2.75, 3.05) is 22.1 Å². The van der Waals surface area contributed by atoms with Gasteiger partial charge in [-0.3, -0.25) is 0 Å². The molecular weight excluding hydrogens is 397 g/mol. The molecule has 6 N–H and O–H groups in total. The molecule has 0 fully saturated rings. The fourth-order valence-corrected chi connectivity index (χ4v) is 3.64. The summed E-state index contributed by atoms with van der Waals surface area (Å²) in [6, 6.07) is 20.3. The van der Waals surface area contributed by atoms with Gasteiger partial charge in [0.1, 0.15) is 0 Å². The van der Waals surface area contributed by atoms with E-state index in [1.165, 1.54) is 3.57 Å². The number of anilines is 3. The molecule has 0 radical (unpaired) electrons. The van der Waals surface area contributed by atoms with E-state index in [1.54, 1.807) is 0 Å². The summed E-state index contributed by atoms with van der Waals surface area (Å²) in [7, 11) is 0. The number of benzene rings is 3. The minimum absolute atomic E-state index is 0.107. The van der Waals surface area contributed by atoms with Crippen LogP contribution in [0.3, 0.4) is 0 Å². The third-order valence-electron chi connectivity index (χ3n) is 3.88. The van der Waals surface area contributed by atoms with Crippen molar-refractivity contribution in [3.8, 4) is 22.3 Å². The van der Waals surface area contributed by atoms with Crippen LogP contribution in [0.2, 0.25) is 0 Å². The molecule has 0 saturated carbocycles. The molecule has 118 valence electrons. The zero-order chi connectivity index (χ0) is 16.4. The Hall–Kier alpha value is -2.21. The molecule has 0 bridgehead atoms. The summed E-state index contributed by atoms with van der Waals surface area (Å²) in [6.45, 7) is 0. The maximum atomic E-state index is 6.31. The van der Waals surface area contributed by atoms with Gasteiger partial charge in [0.15, 0.2) is 0 Å². The summed E-state index contributed by atoms with van der Waals surface area (Å²) in [5, 5.41) is 0. The molecule has 0 unspecified atom stereocenters. The second kappa shape index (κ2) is 6.50. The van der Waals surface area contributed by atoms with Gasteiger partial charge in [-0.1, -0.05) is 0 Å². The molecular formula is C19H19IN3-. The third kappa shape index (κ3) is 3.12. The number of alkyl halides is 1. The van der Waals surface area contributed by atoms with Gasteiger partial charge in [0.25, 0.3) is 0 Å². The van der Waals surface area contributed by atoms with Crippen LogP contribution in [0.25, 0.3) is 22.3 Å². The average Bonchev–Trinajstić information content (AvgIpc) is 2.58. The first kappa shape index (κ1) is 15.7. The first-order chi connectivity index (χ1) is 11.1. The molecule has 4 heteroatoms. The normalized spacial score (nSPS) is 10.8. The Labute approximate surface area is 146 Å². The van der Waals surface area contributed by atoms with Crippen LogP contribution in [0.15, 0.2) is 60.7 Å². The van der Waals surface area contributed by atoms with Crippen LogP contribution in [-0.4, -0.2) is 4.93 Å². The Balaban J connectivity index is 2.04. The van der Waals surface area contributed by atoms with Gasteiger partial charge in [-0.2, -0.15) is 0 Å². The molecule has 0 aliphatic carbocycles. The van der Waals surface area contributed by atoms with Crippen molar-refractivity contribution in [1.29, 1.82) is 0 Å². The standard InChI is InChI=1S/C19H19IN3/c1-20-14-6-2-12(3-7-14)16-10-11-17(19(23)18(16)22)13-4-8-15(21)9-5-13/h2-11H,21-23H2,1H3/q-1. The van der Waals surface area contributed by atoms with E-state index in [-0.39, 0.29) is 21.2 Å². The summed E-state index contributed by atoms with van der Waals surface area (Å²) in [5.41, 5.74) is 24.3. The second-order valence-corrected chi connectivity index (χ2v) is 7.63. The first-order valence-electron chi connectivity index (χ1n) is 7.24. The molecule has 0 spiro atoms. The Morgan fingerprint density at radius 3 is 1.48 bits per heavy atom. The van der Waals surface area contributed by atoms with Crippen molar-refractivity contribution in [1.82, 2.24) is 0 Å². The van der Waals surface area contributed by atoms with E-state index in [1.807, 2.05) is 36.4 Å². The van der Waals surface area contributed by atoms with E-state index < -0.39 is 0 Å². The topological polar surface area (TPSA) is 78.1 Å². The summed E-state index contributed by atoms with van der Waals surface area (Å²) in [5.74, 6) is 0. The van der Waals surface area contributed by atoms with Crippen LogP contribution in [0.5, 0.6) is 0 Å². The number of halogens is 1.